The Balaban J connectivity index is 3.27. The van der Waals surface area contributed by atoms with Gasteiger partial charge in [0, 0.05) is 6.20 Å². The van der Waals surface area contributed by atoms with E-state index in [9.17, 15) is 18.0 Å². The molecular weight excluding hydrogens is 199 g/mol. The second-order valence-corrected chi connectivity index (χ2v) is 2.66. The summed E-state index contributed by atoms with van der Waals surface area (Å²) in [5.74, 6) is -1.42. The van der Waals surface area contributed by atoms with E-state index in [1.54, 1.807) is 0 Å². The monoisotopic (exact) mass is 205 g/mol. The molecule has 0 aliphatic carbocycles. The largest absolute Gasteiger partial charge is 0.478 e. The van der Waals surface area contributed by atoms with Gasteiger partial charge in [-0.05, 0) is 13.0 Å². The fourth-order valence-electron chi connectivity index (χ4n) is 0.905. The summed E-state index contributed by atoms with van der Waals surface area (Å²) in [5.41, 5.74) is -1.43. The minimum absolute atomic E-state index is 0.0606. The van der Waals surface area contributed by atoms with Gasteiger partial charge in [0.1, 0.15) is 0 Å². The number of rotatable bonds is 1. The van der Waals surface area contributed by atoms with Crippen LogP contribution >= 0.6 is 0 Å². The highest BCUT2D eigenvalue weighted by molar-refractivity contribution is 5.88. The minimum Gasteiger partial charge on any atom is -0.478 e. The van der Waals surface area contributed by atoms with Gasteiger partial charge < -0.3 is 5.11 Å². The molecule has 0 saturated carbocycles. The number of aromatic carboxylic acids is 1. The molecule has 3 nitrogen and oxygen atoms in total. The van der Waals surface area contributed by atoms with E-state index in [0.29, 0.717) is 12.3 Å². The summed E-state index contributed by atoms with van der Waals surface area (Å²) < 4.78 is 36.4. The van der Waals surface area contributed by atoms with Crippen molar-refractivity contribution in [3.63, 3.8) is 0 Å². The topological polar surface area (TPSA) is 50.2 Å². The number of carboxylic acid groups (broad SMARTS) is 1. The lowest BCUT2D eigenvalue weighted by atomic mass is 10.1. The molecule has 0 radical (unpaired) electrons. The quantitative estimate of drug-likeness (QED) is 0.763. The molecule has 0 unspecified atom stereocenters. The molecule has 6 heteroatoms. The zero-order valence-electron chi connectivity index (χ0n) is 7.09. The van der Waals surface area contributed by atoms with Crippen molar-refractivity contribution in [2.24, 2.45) is 0 Å². The predicted octanol–water partition coefficient (Wildman–Crippen LogP) is 2.11. The van der Waals surface area contributed by atoms with Crippen LogP contribution in [-0.4, -0.2) is 16.1 Å². The van der Waals surface area contributed by atoms with Gasteiger partial charge >= 0.3 is 12.1 Å². The molecule has 0 aliphatic heterocycles. The van der Waals surface area contributed by atoms with Gasteiger partial charge in [0.2, 0.25) is 0 Å². The number of carbonyl (C=O) groups is 1. The summed E-state index contributed by atoms with van der Waals surface area (Å²) in [4.78, 5) is 13.9. The van der Waals surface area contributed by atoms with Crippen LogP contribution in [0, 0.1) is 6.92 Å². The van der Waals surface area contributed by atoms with Crippen molar-refractivity contribution in [3.8, 4) is 0 Å². The maximum absolute atomic E-state index is 12.1. The first kappa shape index (κ1) is 10.5. The Morgan fingerprint density at radius 2 is 2.07 bits per heavy atom. The molecule has 0 atom stereocenters. The number of alkyl halides is 3. The predicted molar refractivity (Wildman–Crippen MR) is 40.9 cm³/mol. The molecule has 1 N–H and O–H groups in total. The molecule has 0 fully saturated rings. The second kappa shape index (κ2) is 3.28. The number of hydrogen-bond donors (Lipinski definition) is 1. The standard InChI is InChI=1S/C8H6F3NO2/c1-4-6(7(13)14)2-5(3-12-4)8(9,10)11/h2-3H,1H3,(H,13,14). The van der Waals surface area contributed by atoms with Crippen LogP contribution in [0.5, 0.6) is 0 Å². The highest BCUT2D eigenvalue weighted by atomic mass is 19.4. The van der Waals surface area contributed by atoms with Crippen molar-refractivity contribution in [2.45, 2.75) is 13.1 Å². The Morgan fingerprint density at radius 3 is 2.50 bits per heavy atom. The number of hydrogen-bond acceptors (Lipinski definition) is 2. The van der Waals surface area contributed by atoms with E-state index < -0.39 is 23.3 Å². The van der Waals surface area contributed by atoms with Gasteiger partial charge in [-0.15, -0.1) is 0 Å². The van der Waals surface area contributed by atoms with Crippen LogP contribution in [0.25, 0.3) is 0 Å². The average molecular weight is 205 g/mol. The van der Waals surface area contributed by atoms with Crippen LogP contribution in [0.2, 0.25) is 0 Å². The summed E-state index contributed by atoms with van der Waals surface area (Å²) in [7, 11) is 0. The second-order valence-electron chi connectivity index (χ2n) is 2.66. The van der Waals surface area contributed by atoms with Crippen LogP contribution in [0.1, 0.15) is 21.6 Å². The lowest BCUT2D eigenvalue weighted by Gasteiger charge is -2.07. The van der Waals surface area contributed by atoms with Crippen LogP contribution in [0.15, 0.2) is 12.3 Å². The number of nitrogens with zero attached hydrogens (tertiary/aromatic N) is 1. The fraction of sp³-hybridized carbons (Fsp3) is 0.250. The SMILES string of the molecule is Cc1ncc(C(F)(F)F)cc1C(=O)O. The lowest BCUT2D eigenvalue weighted by Crippen LogP contribution is -2.10. The molecule has 1 aromatic rings. The third kappa shape index (κ3) is 2.01. The van der Waals surface area contributed by atoms with Crippen LogP contribution in [0.4, 0.5) is 13.2 Å². The molecule has 1 aromatic heterocycles. The Bertz CT molecular complexity index is 373. The zero-order chi connectivity index (χ0) is 10.9. The molecule has 0 amide bonds. The van der Waals surface area contributed by atoms with E-state index in [2.05, 4.69) is 4.98 Å². The van der Waals surface area contributed by atoms with Gasteiger partial charge in [-0.1, -0.05) is 0 Å². The molecular formula is C8H6F3NO2. The minimum atomic E-state index is -4.56. The van der Waals surface area contributed by atoms with Crippen molar-refractivity contribution in [3.05, 3.63) is 29.1 Å². The number of halogens is 3. The van der Waals surface area contributed by atoms with Crippen LogP contribution in [0.3, 0.4) is 0 Å². The first-order valence-corrected chi connectivity index (χ1v) is 3.59. The van der Waals surface area contributed by atoms with Crippen molar-refractivity contribution < 1.29 is 23.1 Å². The van der Waals surface area contributed by atoms with E-state index in [-0.39, 0.29) is 5.69 Å². The number of aryl methyl sites for hydroxylation is 1. The van der Waals surface area contributed by atoms with Crippen LogP contribution < -0.4 is 0 Å². The van der Waals surface area contributed by atoms with E-state index in [0.717, 1.165) is 0 Å². The van der Waals surface area contributed by atoms with Crippen molar-refractivity contribution >= 4 is 5.97 Å². The van der Waals surface area contributed by atoms with Gasteiger partial charge in [-0.2, -0.15) is 13.2 Å². The molecule has 0 bridgehead atoms. The summed E-state index contributed by atoms with van der Waals surface area (Å²) in [6.45, 7) is 1.34. The van der Waals surface area contributed by atoms with Crippen LogP contribution in [-0.2, 0) is 6.18 Å². The average Bonchev–Trinajstić information content (AvgIpc) is 2.02. The van der Waals surface area contributed by atoms with E-state index in [1.807, 2.05) is 0 Å². The molecule has 0 spiro atoms. The summed E-state index contributed by atoms with van der Waals surface area (Å²) in [6, 6.07) is 0.574. The van der Waals surface area contributed by atoms with E-state index in [1.165, 1.54) is 6.92 Å². The van der Waals surface area contributed by atoms with Crippen molar-refractivity contribution in [2.75, 3.05) is 0 Å². The first-order chi connectivity index (χ1) is 6.32. The molecule has 76 valence electrons. The summed E-state index contributed by atoms with van der Waals surface area (Å²) in [6.07, 6.45) is -3.95. The van der Waals surface area contributed by atoms with Crippen molar-refractivity contribution in [1.82, 2.24) is 4.98 Å². The Kier molecular flexibility index (Phi) is 2.46. The first-order valence-electron chi connectivity index (χ1n) is 3.59. The van der Waals surface area contributed by atoms with Gasteiger partial charge in [0.15, 0.2) is 0 Å². The summed E-state index contributed by atoms with van der Waals surface area (Å²) in [5, 5.41) is 8.55. The Hall–Kier alpha value is -1.59. The molecule has 0 aromatic carbocycles. The maximum atomic E-state index is 12.1. The molecule has 1 rings (SSSR count). The van der Waals surface area contributed by atoms with Crippen molar-refractivity contribution in [1.29, 1.82) is 0 Å². The molecule has 0 aliphatic rings. The van der Waals surface area contributed by atoms with E-state index >= 15 is 0 Å². The third-order valence-electron chi connectivity index (χ3n) is 1.64. The molecule has 1 heterocycles. The lowest BCUT2D eigenvalue weighted by molar-refractivity contribution is -0.137. The number of aromatic nitrogens is 1. The number of carboxylic acids is 1. The zero-order valence-corrected chi connectivity index (χ0v) is 7.09. The van der Waals surface area contributed by atoms with Gasteiger partial charge in [0.05, 0.1) is 16.8 Å². The number of pyridine rings is 1. The smallest absolute Gasteiger partial charge is 0.417 e. The molecule has 0 saturated heterocycles. The van der Waals surface area contributed by atoms with Gasteiger partial charge in [0.25, 0.3) is 0 Å². The highest BCUT2D eigenvalue weighted by Gasteiger charge is 2.32. The van der Waals surface area contributed by atoms with Gasteiger partial charge in [-0.25, -0.2) is 4.79 Å². The third-order valence-corrected chi connectivity index (χ3v) is 1.64. The normalized spacial score (nSPS) is 11.4. The van der Waals surface area contributed by atoms with E-state index in [4.69, 9.17) is 5.11 Å². The Morgan fingerprint density at radius 1 is 1.50 bits per heavy atom. The Labute approximate surface area is 77.2 Å². The highest BCUT2D eigenvalue weighted by Crippen LogP contribution is 2.29. The molecule has 14 heavy (non-hydrogen) atoms. The fourth-order valence-corrected chi connectivity index (χ4v) is 0.905. The maximum Gasteiger partial charge on any atom is 0.417 e. The van der Waals surface area contributed by atoms with Gasteiger partial charge in [-0.3, -0.25) is 4.98 Å². The summed E-state index contributed by atoms with van der Waals surface area (Å²) >= 11 is 0.